The molecule has 5 nitrogen and oxygen atoms in total. The summed E-state index contributed by atoms with van der Waals surface area (Å²) in [5.74, 6) is 0.608. The second-order valence-electron chi connectivity index (χ2n) is 7.21. The van der Waals surface area contributed by atoms with Crippen molar-refractivity contribution in [2.45, 2.75) is 30.5 Å². The van der Waals surface area contributed by atoms with Crippen LogP contribution in [0.15, 0.2) is 50.5 Å². The van der Waals surface area contributed by atoms with Crippen LogP contribution in [0, 0.1) is 11.8 Å². The Labute approximate surface area is 173 Å². The van der Waals surface area contributed by atoms with Crippen LogP contribution in [0.3, 0.4) is 0 Å². The Balaban J connectivity index is 1.91. The van der Waals surface area contributed by atoms with Gasteiger partial charge in [0.1, 0.15) is 10.3 Å². The summed E-state index contributed by atoms with van der Waals surface area (Å²) in [4.78, 5) is 15.1. The number of carbonyl (C=O) groups excluding carboxylic acids is 1. The smallest absolute Gasteiger partial charge is 0.251 e. The maximum Gasteiger partial charge on any atom is 0.251 e. The second-order valence-corrected chi connectivity index (χ2v) is 11.6. The quantitative estimate of drug-likeness (QED) is 0.716. The summed E-state index contributed by atoms with van der Waals surface area (Å²) in [6.45, 7) is 5.55. The Morgan fingerprint density at radius 3 is 2.33 bits per heavy atom. The van der Waals surface area contributed by atoms with E-state index in [1.54, 1.807) is 23.1 Å². The molecule has 1 fully saturated rings. The van der Waals surface area contributed by atoms with Gasteiger partial charge >= 0.3 is 0 Å². The monoisotopic (exact) mass is 470 g/mol. The number of piperidine rings is 1. The van der Waals surface area contributed by atoms with Gasteiger partial charge < -0.3 is 4.90 Å². The zero-order valence-corrected chi connectivity index (χ0v) is 18.5. The number of nitrogens with one attached hydrogen (secondary N) is 1. The van der Waals surface area contributed by atoms with Crippen molar-refractivity contribution in [2.24, 2.45) is 11.8 Å². The van der Waals surface area contributed by atoms with Crippen LogP contribution in [-0.4, -0.2) is 32.3 Å². The number of carbonyl (C=O) groups is 1. The van der Waals surface area contributed by atoms with E-state index < -0.39 is 16.1 Å². The third-order valence-corrected chi connectivity index (χ3v) is 8.19. The van der Waals surface area contributed by atoms with E-state index in [4.69, 9.17) is 0 Å². The SMILES string of the molecule is C[C@@H]1C[C@@H](C)CN(C(=O)[C@@H](NS(=O)(=O)c2ccc(Br)s2)c2ccccc2)C1. The average Bonchev–Trinajstić information content (AvgIpc) is 3.06. The molecule has 27 heavy (non-hydrogen) atoms. The minimum absolute atomic E-state index is 0.184. The molecule has 0 bridgehead atoms. The summed E-state index contributed by atoms with van der Waals surface area (Å²) in [5, 5.41) is 0. The Morgan fingerprint density at radius 2 is 1.78 bits per heavy atom. The van der Waals surface area contributed by atoms with Gasteiger partial charge in [0.05, 0.1) is 3.79 Å². The number of amides is 1. The van der Waals surface area contributed by atoms with Gasteiger partial charge in [-0.2, -0.15) is 4.72 Å². The van der Waals surface area contributed by atoms with E-state index in [2.05, 4.69) is 34.5 Å². The van der Waals surface area contributed by atoms with Crippen molar-refractivity contribution in [2.75, 3.05) is 13.1 Å². The highest BCUT2D eigenvalue weighted by Gasteiger charge is 2.34. The highest BCUT2D eigenvalue weighted by atomic mass is 79.9. The minimum atomic E-state index is -3.81. The van der Waals surface area contributed by atoms with Gasteiger partial charge in [-0.05, 0) is 51.9 Å². The zero-order valence-electron chi connectivity index (χ0n) is 15.3. The van der Waals surface area contributed by atoms with E-state index in [-0.39, 0.29) is 10.1 Å². The van der Waals surface area contributed by atoms with Crippen molar-refractivity contribution < 1.29 is 13.2 Å². The number of benzene rings is 1. The van der Waals surface area contributed by atoms with E-state index >= 15 is 0 Å². The van der Waals surface area contributed by atoms with E-state index in [1.165, 1.54) is 6.07 Å². The topological polar surface area (TPSA) is 66.5 Å². The number of rotatable bonds is 5. The van der Waals surface area contributed by atoms with Crippen LogP contribution < -0.4 is 4.72 Å². The lowest BCUT2D eigenvalue weighted by atomic mass is 9.91. The van der Waals surface area contributed by atoms with Gasteiger partial charge in [0.25, 0.3) is 10.0 Å². The van der Waals surface area contributed by atoms with Crippen molar-refractivity contribution in [1.29, 1.82) is 0 Å². The Bertz CT molecular complexity index is 889. The van der Waals surface area contributed by atoms with E-state index in [0.29, 0.717) is 30.5 Å². The summed E-state index contributed by atoms with van der Waals surface area (Å²) < 4.78 is 29.3. The molecule has 0 unspecified atom stereocenters. The molecule has 1 aromatic heterocycles. The molecule has 1 aromatic carbocycles. The average molecular weight is 471 g/mol. The lowest BCUT2D eigenvalue weighted by Gasteiger charge is -2.37. The normalized spacial score (nSPS) is 21.8. The summed E-state index contributed by atoms with van der Waals surface area (Å²) in [5.41, 5.74) is 0.646. The number of hydrogen-bond donors (Lipinski definition) is 1. The molecule has 8 heteroatoms. The lowest BCUT2D eigenvalue weighted by molar-refractivity contribution is -0.135. The summed E-state index contributed by atoms with van der Waals surface area (Å²) in [7, 11) is -3.81. The molecule has 0 aliphatic carbocycles. The van der Waals surface area contributed by atoms with Gasteiger partial charge in [-0.1, -0.05) is 44.2 Å². The number of thiophene rings is 1. The van der Waals surface area contributed by atoms with Crippen molar-refractivity contribution in [1.82, 2.24) is 9.62 Å². The molecular formula is C19H23BrN2O3S2. The zero-order chi connectivity index (χ0) is 19.6. The molecule has 2 heterocycles. The Kier molecular flexibility index (Phi) is 6.40. The van der Waals surface area contributed by atoms with E-state index in [0.717, 1.165) is 21.5 Å². The van der Waals surface area contributed by atoms with Gasteiger partial charge in [-0.3, -0.25) is 4.79 Å². The van der Waals surface area contributed by atoms with Gasteiger partial charge in [0, 0.05) is 13.1 Å². The second kappa shape index (κ2) is 8.43. The summed E-state index contributed by atoms with van der Waals surface area (Å²) in [6, 6.07) is 11.3. The molecule has 1 saturated heterocycles. The molecule has 146 valence electrons. The van der Waals surface area contributed by atoms with Crippen molar-refractivity contribution in [3.8, 4) is 0 Å². The van der Waals surface area contributed by atoms with Crippen LogP contribution in [0.1, 0.15) is 31.9 Å². The first kappa shape index (κ1) is 20.5. The van der Waals surface area contributed by atoms with Crippen LogP contribution in [0.25, 0.3) is 0 Å². The first-order valence-corrected chi connectivity index (χ1v) is 12.0. The van der Waals surface area contributed by atoms with E-state index in [1.807, 2.05) is 18.2 Å². The molecule has 1 amide bonds. The van der Waals surface area contributed by atoms with Gasteiger partial charge in [0.2, 0.25) is 5.91 Å². The number of likely N-dealkylation sites (tertiary alicyclic amines) is 1. The van der Waals surface area contributed by atoms with Crippen molar-refractivity contribution in [3.63, 3.8) is 0 Å². The largest absolute Gasteiger partial charge is 0.340 e. The van der Waals surface area contributed by atoms with Gasteiger partial charge in [-0.25, -0.2) is 8.42 Å². The number of halogens is 1. The Morgan fingerprint density at radius 1 is 1.15 bits per heavy atom. The molecular weight excluding hydrogens is 448 g/mol. The Hall–Kier alpha value is -1.22. The fourth-order valence-electron chi connectivity index (χ4n) is 3.59. The van der Waals surface area contributed by atoms with Crippen LogP contribution in [0.4, 0.5) is 0 Å². The number of hydrogen-bond acceptors (Lipinski definition) is 4. The molecule has 0 spiro atoms. The molecule has 3 rings (SSSR count). The molecule has 0 radical (unpaired) electrons. The standard InChI is InChI=1S/C19H23BrN2O3S2/c1-13-10-14(2)12-22(11-13)19(23)18(15-6-4-3-5-7-15)21-27(24,25)17-9-8-16(20)26-17/h3-9,13-14,18,21H,10-12H2,1-2H3/t13-,14-,18+/m1/s1. The first-order valence-electron chi connectivity index (χ1n) is 8.87. The lowest BCUT2D eigenvalue weighted by Crippen LogP contribution is -2.48. The van der Waals surface area contributed by atoms with Gasteiger partial charge in [0.15, 0.2) is 0 Å². The molecule has 1 aliphatic heterocycles. The van der Waals surface area contributed by atoms with Crippen molar-refractivity contribution in [3.05, 3.63) is 51.8 Å². The third-order valence-electron chi connectivity index (χ3n) is 4.65. The van der Waals surface area contributed by atoms with Crippen LogP contribution in [-0.2, 0) is 14.8 Å². The first-order chi connectivity index (χ1) is 12.8. The molecule has 0 saturated carbocycles. The fourth-order valence-corrected chi connectivity index (χ4v) is 6.79. The van der Waals surface area contributed by atoms with Crippen LogP contribution in [0.5, 0.6) is 0 Å². The number of sulfonamides is 1. The van der Waals surface area contributed by atoms with Gasteiger partial charge in [-0.15, -0.1) is 11.3 Å². The molecule has 1 aliphatic rings. The highest BCUT2D eigenvalue weighted by Crippen LogP contribution is 2.29. The van der Waals surface area contributed by atoms with Crippen molar-refractivity contribution >= 4 is 43.2 Å². The maximum atomic E-state index is 13.3. The highest BCUT2D eigenvalue weighted by molar-refractivity contribution is 9.11. The number of nitrogens with zero attached hydrogens (tertiary/aromatic N) is 1. The minimum Gasteiger partial charge on any atom is -0.340 e. The van der Waals surface area contributed by atoms with Crippen LogP contribution in [0.2, 0.25) is 0 Å². The summed E-state index contributed by atoms with van der Waals surface area (Å²) in [6.07, 6.45) is 1.08. The predicted octanol–water partition coefficient (Wildman–Crippen LogP) is 4.03. The summed E-state index contributed by atoms with van der Waals surface area (Å²) >= 11 is 4.41. The maximum absolute atomic E-state index is 13.3. The predicted molar refractivity (Wildman–Crippen MR) is 111 cm³/mol. The fraction of sp³-hybridized carbons (Fsp3) is 0.421. The molecule has 3 atom stereocenters. The molecule has 1 N–H and O–H groups in total. The molecule has 2 aromatic rings. The van der Waals surface area contributed by atoms with Crippen LogP contribution >= 0.6 is 27.3 Å². The third kappa shape index (κ3) is 4.99. The van der Waals surface area contributed by atoms with E-state index in [9.17, 15) is 13.2 Å².